The van der Waals surface area contributed by atoms with E-state index in [1.165, 1.54) is 116 Å². The quantitative estimate of drug-likeness (QED) is 0.0404. The molecule has 10 rings (SSSR count). The first-order valence-electron chi connectivity index (χ1n) is 31.4. The monoisotopic (exact) mass is 1360 g/mol. The van der Waals surface area contributed by atoms with Crippen LogP contribution in [-0.2, 0) is 85.4 Å². The Balaban J connectivity index is 1.06. The standard InChI is InChI=1S/C74H68O25/c1-43-57(94-67(80)49-30-16-7-17-31-49)58(95-68(81)50-32-18-8-19-33-50)54(40-85-65(78)47-26-12-5-13-27-47)91-72(43)87-42-56-59(88-44(2)75)62(63(89-45(3)76)73(92-56)90-46(4)77)99-74-64(98-71(84)53-38-24-11-25-39-53)61(97-70(83)52-36-22-10-23-37-52)60(96-69(82)51-34-20-9-21-35-51)55(93-74)41-86-66(79)48-28-14-6-15-29-48/h5-39,43,54-64,72-74H,40-42H2,1-4H3/t43?,54?,55?,56?,57?,58?,59-,60?,61?,62?,63?,64?,72?,73?,74?/m0/s1. The van der Waals surface area contributed by atoms with E-state index in [9.17, 15) is 47.9 Å². The lowest BCUT2D eigenvalue weighted by atomic mass is 9.91. The van der Waals surface area contributed by atoms with E-state index >= 15 is 0 Å². The van der Waals surface area contributed by atoms with E-state index in [1.54, 1.807) is 103 Å². The minimum Gasteiger partial charge on any atom is -0.459 e. The molecule has 3 saturated heterocycles. The van der Waals surface area contributed by atoms with Crippen molar-refractivity contribution in [2.45, 2.75) is 114 Å². The lowest BCUT2D eigenvalue weighted by Gasteiger charge is -2.49. The lowest BCUT2D eigenvalue weighted by Crippen LogP contribution is -2.67. The summed E-state index contributed by atoms with van der Waals surface area (Å²) in [5.41, 5.74) is 0.303. The van der Waals surface area contributed by atoms with Crippen LogP contribution in [0.5, 0.6) is 0 Å². The summed E-state index contributed by atoms with van der Waals surface area (Å²) in [6, 6.07) is 54.0. The van der Waals surface area contributed by atoms with Crippen molar-refractivity contribution >= 4 is 59.7 Å². The number of carbonyl (C=O) groups excluding carboxylic acids is 10. The number of benzene rings is 7. The molecule has 3 aliphatic heterocycles. The summed E-state index contributed by atoms with van der Waals surface area (Å²) >= 11 is 0. The number of carbonyl (C=O) groups is 10. The smallest absolute Gasteiger partial charge is 0.338 e. The second-order valence-corrected chi connectivity index (χ2v) is 22.8. The van der Waals surface area contributed by atoms with Crippen molar-refractivity contribution in [3.8, 4) is 0 Å². The fraction of sp³-hybridized carbons (Fsp3) is 0.297. The SMILES string of the molecule is CC(=O)OC1OC(COC2OC(COC(=O)c3ccccc3)C(OC(=O)c3ccccc3)C(OC(=O)c3ccccc3)C2C)[C@H](OC(C)=O)C(OC2OC(COC(=O)c3ccccc3)C(OC(=O)c3ccccc3)C(OC(=O)c3ccccc3)C2OC(=O)c2ccccc2)C1OC(C)=O. The molecule has 7 aromatic carbocycles. The molecule has 0 saturated carbocycles. The van der Waals surface area contributed by atoms with Crippen LogP contribution >= 0.6 is 0 Å². The Morgan fingerprint density at radius 1 is 0.273 bits per heavy atom. The first kappa shape index (κ1) is 70.8. The van der Waals surface area contributed by atoms with Crippen molar-refractivity contribution in [1.82, 2.24) is 0 Å². The van der Waals surface area contributed by atoms with Gasteiger partial charge in [-0.05, 0) is 84.9 Å². The van der Waals surface area contributed by atoms with Crippen LogP contribution in [0.25, 0.3) is 0 Å². The molecular weight excluding hydrogens is 1290 g/mol. The Labute approximate surface area is 567 Å². The molecule has 99 heavy (non-hydrogen) atoms. The second-order valence-electron chi connectivity index (χ2n) is 22.8. The minimum absolute atomic E-state index is 0.00707. The zero-order valence-electron chi connectivity index (χ0n) is 53.7. The van der Waals surface area contributed by atoms with Crippen molar-refractivity contribution in [3.63, 3.8) is 0 Å². The predicted molar refractivity (Wildman–Crippen MR) is 341 cm³/mol. The molecule has 3 fully saturated rings. The van der Waals surface area contributed by atoms with Crippen molar-refractivity contribution in [2.75, 3.05) is 19.8 Å². The summed E-state index contributed by atoms with van der Waals surface area (Å²) in [7, 11) is 0. The first-order chi connectivity index (χ1) is 47.9. The third-order valence-electron chi connectivity index (χ3n) is 15.8. The summed E-state index contributed by atoms with van der Waals surface area (Å²) in [5.74, 6) is -10.9. The van der Waals surface area contributed by atoms with E-state index in [1.807, 2.05) is 0 Å². The molecular formula is C74H68O25. The summed E-state index contributed by atoms with van der Waals surface area (Å²) in [6.07, 6.45) is -25.7. The third-order valence-corrected chi connectivity index (χ3v) is 15.8. The third kappa shape index (κ3) is 18.6. The summed E-state index contributed by atoms with van der Waals surface area (Å²) < 4.78 is 93.6. The van der Waals surface area contributed by atoms with Gasteiger partial charge in [0.2, 0.25) is 6.29 Å². The van der Waals surface area contributed by atoms with Crippen molar-refractivity contribution in [2.24, 2.45) is 5.92 Å². The van der Waals surface area contributed by atoms with Gasteiger partial charge >= 0.3 is 59.7 Å². The zero-order valence-corrected chi connectivity index (χ0v) is 53.7. The normalized spacial score (nSPS) is 24.7. The number of esters is 10. The van der Waals surface area contributed by atoms with Crippen LogP contribution in [0.15, 0.2) is 212 Å². The highest BCUT2D eigenvalue weighted by atomic mass is 16.8. The molecule has 7 aromatic rings. The van der Waals surface area contributed by atoms with Gasteiger partial charge in [-0.3, -0.25) is 14.4 Å². The van der Waals surface area contributed by atoms with E-state index < -0.39 is 171 Å². The Morgan fingerprint density at radius 3 is 0.899 bits per heavy atom. The number of hydrogen-bond donors (Lipinski definition) is 0. The Kier molecular flexibility index (Phi) is 24.2. The second kappa shape index (κ2) is 33.8. The highest BCUT2D eigenvalue weighted by Crippen LogP contribution is 2.39. The molecule has 25 heteroatoms. The van der Waals surface area contributed by atoms with Gasteiger partial charge in [0, 0.05) is 26.7 Å². The molecule has 514 valence electrons. The van der Waals surface area contributed by atoms with Gasteiger partial charge < -0.3 is 71.1 Å². The molecule has 0 aliphatic carbocycles. The zero-order chi connectivity index (χ0) is 70.0. The van der Waals surface area contributed by atoms with Gasteiger partial charge in [0.05, 0.1) is 45.6 Å². The van der Waals surface area contributed by atoms with Crippen LogP contribution < -0.4 is 0 Å². The maximum atomic E-state index is 14.6. The van der Waals surface area contributed by atoms with Gasteiger partial charge in [-0.25, -0.2) is 33.6 Å². The Morgan fingerprint density at radius 2 is 0.535 bits per heavy atom. The van der Waals surface area contributed by atoms with E-state index in [0.717, 1.165) is 20.8 Å². The summed E-state index contributed by atoms with van der Waals surface area (Å²) in [4.78, 5) is 140. The summed E-state index contributed by atoms with van der Waals surface area (Å²) in [5, 5.41) is 0. The lowest BCUT2D eigenvalue weighted by molar-refractivity contribution is -0.360. The van der Waals surface area contributed by atoms with Crippen molar-refractivity contribution < 1.29 is 119 Å². The van der Waals surface area contributed by atoms with Gasteiger partial charge in [-0.1, -0.05) is 134 Å². The number of ether oxygens (including phenoxy) is 15. The molecule has 3 aliphatic rings. The van der Waals surface area contributed by atoms with E-state index in [-0.39, 0.29) is 38.9 Å². The molecule has 0 bridgehead atoms. The predicted octanol–water partition coefficient (Wildman–Crippen LogP) is 8.47. The first-order valence-corrected chi connectivity index (χ1v) is 31.4. The van der Waals surface area contributed by atoms with Gasteiger partial charge in [0.1, 0.15) is 43.7 Å². The van der Waals surface area contributed by atoms with E-state index in [2.05, 4.69) is 0 Å². The average Bonchev–Trinajstić information content (AvgIpc) is 0.766. The Hall–Kier alpha value is -11.0. The van der Waals surface area contributed by atoms with Crippen molar-refractivity contribution in [3.05, 3.63) is 251 Å². The van der Waals surface area contributed by atoms with Gasteiger partial charge in [-0.2, -0.15) is 0 Å². The number of hydrogen-bond acceptors (Lipinski definition) is 25. The Bertz CT molecular complexity index is 3900. The van der Waals surface area contributed by atoms with Gasteiger partial charge in [0.25, 0.3) is 0 Å². The fourth-order valence-electron chi connectivity index (χ4n) is 11.1. The van der Waals surface area contributed by atoms with Gasteiger partial charge in [-0.15, -0.1) is 0 Å². The number of rotatable bonds is 24. The highest BCUT2D eigenvalue weighted by molar-refractivity contribution is 5.93. The van der Waals surface area contributed by atoms with E-state index in [0.29, 0.717) is 0 Å². The molecule has 0 spiro atoms. The molecule has 0 N–H and O–H groups in total. The molecule has 0 aromatic heterocycles. The molecule has 0 radical (unpaired) electrons. The van der Waals surface area contributed by atoms with E-state index in [4.69, 9.17) is 71.1 Å². The molecule has 14 unspecified atom stereocenters. The topological polar surface area (TPSA) is 309 Å². The maximum Gasteiger partial charge on any atom is 0.338 e. The molecule has 15 atom stereocenters. The summed E-state index contributed by atoms with van der Waals surface area (Å²) in [6.45, 7) is 2.29. The van der Waals surface area contributed by atoms with Crippen LogP contribution in [0.3, 0.4) is 0 Å². The maximum absolute atomic E-state index is 14.6. The van der Waals surface area contributed by atoms with Crippen LogP contribution in [0.4, 0.5) is 0 Å². The van der Waals surface area contributed by atoms with Crippen LogP contribution in [0.2, 0.25) is 0 Å². The molecule has 3 heterocycles. The van der Waals surface area contributed by atoms with Crippen LogP contribution in [0, 0.1) is 5.92 Å². The largest absolute Gasteiger partial charge is 0.459 e. The minimum atomic E-state index is -2.19. The fourth-order valence-corrected chi connectivity index (χ4v) is 11.1. The molecule has 25 nitrogen and oxygen atoms in total. The van der Waals surface area contributed by atoms with Gasteiger partial charge in [0.15, 0.2) is 49.2 Å². The average molecular weight is 1360 g/mol. The van der Waals surface area contributed by atoms with Crippen LogP contribution in [-0.4, -0.2) is 166 Å². The van der Waals surface area contributed by atoms with Crippen molar-refractivity contribution in [1.29, 1.82) is 0 Å². The van der Waals surface area contributed by atoms with Crippen LogP contribution in [0.1, 0.15) is 100 Å². The molecule has 0 amide bonds. The highest BCUT2D eigenvalue weighted by Gasteiger charge is 2.59.